The number of fused-ring (bicyclic) bond motifs is 1. The minimum atomic E-state index is -0.694. The molecule has 2 aromatic heterocycles. The zero-order valence-electron chi connectivity index (χ0n) is 20.9. The van der Waals surface area contributed by atoms with Gasteiger partial charge in [-0.1, -0.05) is 0 Å². The van der Waals surface area contributed by atoms with Crippen LogP contribution < -0.4 is 10.3 Å². The van der Waals surface area contributed by atoms with E-state index in [1.165, 1.54) is 12.3 Å². The summed E-state index contributed by atoms with van der Waals surface area (Å²) in [5.74, 6) is -0.634. The molecule has 5 rings (SSSR count). The Kier molecular flexibility index (Phi) is 6.67. The highest BCUT2D eigenvalue weighted by Crippen LogP contribution is 2.38. The van der Waals surface area contributed by atoms with Crippen LogP contribution in [-0.2, 0) is 11.3 Å². The SMILES string of the molecule is CCOC(=O)c1cn(C2CC2)c2cc(N3CCN(CCn4c([N+](=O)[O-])cnc4C)CC3)c(F)cc2c1=O. The molecule has 0 amide bonds. The summed E-state index contributed by atoms with van der Waals surface area (Å²) >= 11 is 0. The molecule has 196 valence electrons. The van der Waals surface area contributed by atoms with E-state index in [9.17, 15) is 19.7 Å². The summed E-state index contributed by atoms with van der Waals surface area (Å²) in [7, 11) is 0. The fourth-order valence-electron chi connectivity index (χ4n) is 4.94. The summed E-state index contributed by atoms with van der Waals surface area (Å²) < 4.78 is 23.9. The zero-order valence-corrected chi connectivity index (χ0v) is 20.9. The van der Waals surface area contributed by atoms with Crippen molar-refractivity contribution in [1.29, 1.82) is 0 Å². The van der Waals surface area contributed by atoms with Crippen LogP contribution in [-0.4, -0.2) is 69.2 Å². The summed E-state index contributed by atoms with van der Waals surface area (Å²) in [5, 5.41) is 11.4. The largest absolute Gasteiger partial charge is 0.462 e. The average Bonchev–Trinajstić information content (AvgIpc) is 3.65. The Morgan fingerprint density at radius 3 is 2.59 bits per heavy atom. The highest BCUT2D eigenvalue weighted by Gasteiger charge is 2.29. The fraction of sp³-hybridized carbons (Fsp3) is 0.480. The number of piperazine rings is 1. The molecule has 1 saturated heterocycles. The molecule has 0 radical (unpaired) electrons. The lowest BCUT2D eigenvalue weighted by Gasteiger charge is -2.36. The number of carbonyl (C=O) groups is 1. The van der Waals surface area contributed by atoms with Gasteiger partial charge in [0.25, 0.3) is 0 Å². The molecule has 1 aliphatic heterocycles. The first-order valence-electron chi connectivity index (χ1n) is 12.5. The van der Waals surface area contributed by atoms with Crippen LogP contribution in [0.15, 0.2) is 29.3 Å². The van der Waals surface area contributed by atoms with Gasteiger partial charge in [0, 0.05) is 57.3 Å². The van der Waals surface area contributed by atoms with Gasteiger partial charge in [0.05, 0.1) is 17.8 Å². The van der Waals surface area contributed by atoms with Crippen LogP contribution in [0.5, 0.6) is 0 Å². The van der Waals surface area contributed by atoms with Crippen LogP contribution >= 0.6 is 0 Å². The number of rotatable bonds is 8. The number of hydrogen-bond acceptors (Lipinski definition) is 8. The number of esters is 1. The van der Waals surface area contributed by atoms with Crippen molar-refractivity contribution in [3.8, 4) is 0 Å². The van der Waals surface area contributed by atoms with E-state index < -0.39 is 22.1 Å². The molecule has 1 aromatic carbocycles. The van der Waals surface area contributed by atoms with Crippen molar-refractivity contribution in [2.45, 2.75) is 39.3 Å². The average molecular weight is 513 g/mol. The number of hydrogen-bond donors (Lipinski definition) is 0. The van der Waals surface area contributed by atoms with Gasteiger partial charge in [-0.15, -0.1) is 0 Å². The number of anilines is 1. The number of benzene rings is 1. The van der Waals surface area contributed by atoms with E-state index in [2.05, 4.69) is 9.88 Å². The van der Waals surface area contributed by atoms with Crippen molar-refractivity contribution in [2.24, 2.45) is 0 Å². The third-order valence-electron chi connectivity index (χ3n) is 7.11. The second-order valence-corrected chi connectivity index (χ2v) is 9.45. The van der Waals surface area contributed by atoms with E-state index in [1.54, 1.807) is 30.7 Å². The van der Waals surface area contributed by atoms with Gasteiger partial charge in [-0.25, -0.2) is 18.7 Å². The number of imidazole rings is 1. The van der Waals surface area contributed by atoms with Crippen LogP contribution in [0.3, 0.4) is 0 Å². The highest BCUT2D eigenvalue weighted by atomic mass is 19.1. The number of pyridine rings is 1. The maximum Gasteiger partial charge on any atom is 0.343 e. The van der Waals surface area contributed by atoms with Gasteiger partial charge >= 0.3 is 11.8 Å². The minimum Gasteiger partial charge on any atom is -0.462 e. The molecule has 0 bridgehead atoms. The normalized spacial score (nSPS) is 16.4. The van der Waals surface area contributed by atoms with Crippen molar-refractivity contribution in [3.63, 3.8) is 0 Å². The van der Waals surface area contributed by atoms with Gasteiger partial charge in [-0.3, -0.25) is 9.69 Å². The summed E-state index contributed by atoms with van der Waals surface area (Å²) in [4.78, 5) is 44.4. The van der Waals surface area contributed by atoms with E-state index in [0.29, 0.717) is 56.3 Å². The van der Waals surface area contributed by atoms with E-state index in [0.717, 1.165) is 12.8 Å². The molecule has 1 aliphatic carbocycles. The number of carbonyl (C=O) groups excluding carboxylic acids is 1. The maximum absolute atomic E-state index is 15.3. The number of nitro groups is 1. The van der Waals surface area contributed by atoms with Crippen LogP contribution in [0.4, 0.5) is 15.9 Å². The van der Waals surface area contributed by atoms with Crippen molar-refractivity contribution < 1.29 is 18.8 Å². The molecule has 2 aliphatic rings. The topological polar surface area (TPSA) is 116 Å². The number of nitrogens with zero attached hydrogens (tertiary/aromatic N) is 6. The van der Waals surface area contributed by atoms with Crippen LogP contribution in [0.2, 0.25) is 0 Å². The number of aryl methyl sites for hydroxylation is 1. The van der Waals surface area contributed by atoms with Crippen molar-refractivity contribution in [1.82, 2.24) is 19.0 Å². The quantitative estimate of drug-likeness (QED) is 0.257. The van der Waals surface area contributed by atoms with E-state index in [4.69, 9.17) is 4.74 Å². The Morgan fingerprint density at radius 2 is 1.95 bits per heavy atom. The van der Waals surface area contributed by atoms with Gasteiger partial charge in [0.2, 0.25) is 5.43 Å². The van der Waals surface area contributed by atoms with Crippen molar-refractivity contribution >= 4 is 28.4 Å². The van der Waals surface area contributed by atoms with Gasteiger partial charge in [0.1, 0.15) is 24.1 Å². The van der Waals surface area contributed by atoms with E-state index in [1.807, 2.05) is 9.47 Å². The molecular formula is C25H29FN6O5. The second kappa shape index (κ2) is 9.92. The fourth-order valence-corrected chi connectivity index (χ4v) is 4.94. The molecule has 0 spiro atoms. The monoisotopic (exact) mass is 512 g/mol. The molecule has 0 atom stereocenters. The van der Waals surface area contributed by atoms with Gasteiger partial charge in [-0.2, -0.15) is 0 Å². The lowest BCUT2D eigenvalue weighted by Crippen LogP contribution is -2.47. The first kappa shape index (κ1) is 24.9. The maximum atomic E-state index is 15.3. The summed E-state index contributed by atoms with van der Waals surface area (Å²) in [5.41, 5.74) is 0.438. The second-order valence-electron chi connectivity index (χ2n) is 9.45. The summed E-state index contributed by atoms with van der Waals surface area (Å²) in [6, 6.07) is 3.12. The standard InChI is InChI=1S/C25H29FN6O5/c1-3-37-25(34)19-15-31(17-4-5-17)21-13-22(20(26)12-18(21)24(19)33)29-9-6-28(7-10-29)8-11-30-16(2)27-14-23(30)32(35)36/h12-15,17H,3-11H2,1-2H3. The lowest BCUT2D eigenvalue weighted by molar-refractivity contribution is -0.392. The van der Waals surface area contributed by atoms with Gasteiger partial charge in [0.15, 0.2) is 5.82 Å². The molecule has 0 unspecified atom stereocenters. The Morgan fingerprint density at radius 1 is 1.22 bits per heavy atom. The molecule has 12 heteroatoms. The highest BCUT2D eigenvalue weighted by molar-refractivity contribution is 5.94. The van der Waals surface area contributed by atoms with Gasteiger partial charge < -0.3 is 24.3 Å². The Balaban J connectivity index is 1.35. The molecule has 1 saturated carbocycles. The Labute approximate surface area is 212 Å². The van der Waals surface area contributed by atoms with E-state index in [-0.39, 0.29) is 29.4 Å². The first-order valence-corrected chi connectivity index (χ1v) is 12.5. The van der Waals surface area contributed by atoms with Crippen LogP contribution in [0.1, 0.15) is 42.0 Å². The predicted octanol–water partition coefficient (Wildman–Crippen LogP) is 2.89. The molecule has 0 N–H and O–H groups in total. The van der Waals surface area contributed by atoms with E-state index >= 15 is 4.39 Å². The third kappa shape index (κ3) is 4.80. The molecule has 3 heterocycles. The molecular weight excluding hydrogens is 483 g/mol. The Bertz CT molecular complexity index is 1420. The van der Waals surface area contributed by atoms with Gasteiger partial charge in [-0.05, 0) is 36.8 Å². The smallest absolute Gasteiger partial charge is 0.343 e. The molecule has 2 fully saturated rings. The molecule has 37 heavy (non-hydrogen) atoms. The third-order valence-corrected chi connectivity index (χ3v) is 7.11. The first-order chi connectivity index (χ1) is 17.8. The number of halogens is 1. The lowest BCUT2D eigenvalue weighted by atomic mass is 10.1. The molecule has 11 nitrogen and oxygen atoms in total. The van der Waals surface area contributed by atoms with Crippen LogP contribution in [0, 0.1) is 22.9 Å². The molecule has 3 aromatic rings. The number of ether oxygens (including phenoxy) is 1. The Hall–Kier alpha value is -3.80. The zero-order chi connectivity index (χ0) is 26.3. The predicted molar refractivity (Wildman–Crippen MR) is 135 cm³/mol. The summed E-state index contributed by atoms with van der Waals surface area (Å²) in [6.07, 6.45) is 4.68. The van der Waals surface area contributed by atoms with Crippen molar-refractivity contribution in [3.05, 3.63) is 62.1 Å². The van der Waals surface area contributed by atoms with Crippen molar-refractivity contribution in [2.75, 3.05) is 44.2 Å². The van der Waals surface area contributed by atoms with Crippen LogP contribution in [0.25, 0.3) is 10.9 Å². The minimum absolute atomic E-state index is 0.0257. The number of aromatic nitrogens is 3. The summed E-state index contributed by atoms with van der Waals surface area (Å²) in [6.45, 7) is 7.10.